The summed E-state index contributed by atoms with van der Waals surface area (Å²) in [6.07, 6.45) is 3.78. The highest BCUT2D eigenvalue weighted by Gasteiger charge is 2.20. The highest BCUT2D eigenvalue weighted by molar-refractivity contribution is 6.11. The maximum atomic E-state index is 5.42. The van der Waals surface area contributed by atoms with Gasteiger partial charge in [0.25, 0.3) is 0 Å². The summed E-state index contributed by atoms with van der Waals surface area (Å²) in [5, 5.41) is 2.44. The van der Waals surface area contributed by atoms with Gasteiger partial charge in [-0.05, 0) is 63.6 Å². The second kappa shape index (κ2) is 11.4. The average molecular weight is 620 g/mol. The molecule has 0 unspecified atom stereocenters. The molecule has 8 rings (SSSR count). The Bertz CT molecular complexity index is 2480. The fraction of sp³-hybridized carbons (Fsp3) is 0.0889. The quantitative estimate of drug-likeness (QED) is 0.182. The number of benzene rings is 6. The predicted molar refractivity (Wildman–Crippen MR) is 206 cm³/mol. The van der Waals surface area contributed by atoms with E-state index in [0.29, 0.717) is 0 Å². The van der Waals surface area contributed by atoms with Crippen LogP contribution < -0.4 is 0 Å². The summed E-state index contributed by atoms with van der Waals surface area (Å²) in [6, 6.07) is 47.9. The van der Waals surface area contributed by atoms with Gasteiger partial charge in [0.15, 0.2) is 0 Å². The van der Waals surface area contributed by atoms with Gasteiger partial charge in [-0.1, -0.05) is 143 Å². The molecule has 0 aliphatic carbocycles. The molecule has 232 valence electrons. The van der Waals surface area contributed by atoms with Crippen LogP contribution in [0.5, 0.6) is 0 Å². The van der Waals surface area contributed by atoms with E-state index in [1.54, 1.807) is 0 Å². The van der Waals surface area contributed by atoms with Crippen LogP contribution in [0.2, 0.25) is 0 Å². The van der Waals surface area contributed by atoms with Crippen molar-refractivity contribution in [2.75, 3.05) is 0 Å². The zero-order valence-corrected chi connectivity index (χ0v) is 27.6. The zero-order valence-electron chi connectivity index (χ0n) is 27.6. The number of imidazole rings is 1. The van der Waals surface area contributed by atoms with Crippen molar-refractivity contribution in [3.63, 3.8) is 0 Å². The Morgan fingerprint density at radius 3 is 1.90 bits per heavy atom. The van der Waals surface area contributed by atoms with Crippen LogP contribution in [-0.2, 0) is 5.41 Å². The smallest absolute Gasteiger partial charge is 0.145 e. The SMILES string of the molecule is C=Cc1ccc(-c2ccc(-c3nc4c(-c5ccc6c7ccccc7n(C=C)c6c5)cccc4n3-c3ccc(C(C)(C)C)cc3)cc2)cc1. The molecule has 0 saturated heterocycles. The zero-order chi connectivity index (χ0) is 33.0. The monoisotopic (exact) mass is 619 g/mol. The lowest BCUT2D eigenvalue weighted by atomic mass is 9.87. The van der Waals surface area contributed by atoms with E-state index in [0.717, 1.165) is 61.4 Å². The molecule has 0 saturated carbocycles. The van der Waals surface area contributed by atoms with Gasteiger partial charge in [-0.25, -0.2) is 4.98 Å². The van der Waals surface area contributed by atoms with Gasteiger partial charge in [-0.3, -0.25) is 4.57 Å². The molecule has 3 nitrogen and oxygen atoms in total. The largest absolute Gasteiger partial charge is 0.317 e. The first-order valence-electron chi connectivity index (χ1n) is 16.5. The highest BCUT2D eigenvalue weighted by atomic mass is 15.1. The molecule has 0 spiro atoms. The first-order valence-corrected chi connectivity index (χ1v) is 16.5. The molecule has 0 aliphatic heterocycles. The Kier molecular flexibility index (Phi) is 7.00. The van der Waals surface area contributed by atoms with Crippen LogP contribution >= 0.6 is 0 Å². The number of fused-ring (bicyclic) bond motifs is 4. The van der Waals surface area contributed by atoms with Gasteiger partial charge in [-0.2, -0.15) is 0 Å². The minimum Gasteiger partial charge on any atom is -0.317 e. The molecular formula is C45H37N3. The number of para-hydroxylation sites is 2. The van der Waals surface area contributed by atoms with Gasteiger partial charge in [0.05, 0.1) is 22.1 Å². The van der Waals surface area contributed by atoms with Gasteiger partial charge in [-0.15, -0.1) is 0 Å². The van der Waals surface area contributed by atoms with Crippen molar-refractivity contribution in [2.24, 2.45) is 0 Å². The summed E-state index contributed by atoms with van der Waals surface area (Å²) >= 11 is 0. The van der Waals surface area contributed by atoms with Crippen molar-refractivity contribution >= 4 is 45.1 Å². The Morgan fingerprint density at radius 2 is 1.21 bits per heavy atom. The molecule has 2 heterocycles. The highest BCUT2D eigenvalue weighted by Crippen LogP contribution is 2.38. The second-order valence-electron chi connectivity index (χ2n) is 13.4. The lowest BCUT2D eigenvalue weighted by molar-refractivity contribution is 0.590. The van der Waals surface area contributed by atoms with Crippen LogP contribution in [-0.4, -0.2) is 14.1 Å². The molecule has 0 radical (unpaired) electrons. The lowest BCUT2D eigenvalue weighted by Crippen LogP contribution is -2.11. The number of aromatic nitrogens is 3. The molecule has 0 amide bonds. The molecule has 0 atom stereocenters. The minimum absolute atomic E-state index is 0.0673. The van der Waals surface area contributed by atoms with Gasteiger partial charge in [0.2, 0.25) is 0 Å². The van der Waals surface area contributed by atoms with Crippen molar-refractivity contribution in [2.45, 2.75) is 26.2 Å². The Balaban J connectivity index is 1.32. The van der Waals surface area contributed by atoms with Crippen molar-refractivity contribution in [1.82, 2.24) is 14.1 Å². The first kappa shape index (κ1) is 29.5. The van der Waals surface area contributed by atoms with Crippen molar-refractivity contribution in [1.29, 1.82) is 0 Å². The van der Waals surface area contributed by atoms with E-state index in [4.69, 9.17) is 4.98 Å². The Hall–Kier alpha value is -5.93. The maximum absolute atomic E-state index is 5.42. The molecule has 3 heteroatoms. The molecule has 8 aromatic rings. The van der Waals surface area contributed by atoms with Crippen LogP contribution in [0.4, 0.5) is 0 Å². The number of hydrogen-bond acceptors (Lipinski definition) is 1. The minimum atomic E-state index is 0.0673. The van der Waals surface area contributed by atoms with Gasteiger partial charge in [0, 0.05) is 33.8 Å². The van der Waals surface area contributed by atoms with Gasteiger partial charge < -0.3 is 4.57 Å². The van der Waals surface area contributed by atoms with Gasteiger partial charge >= 0.3 is 0 Å². The topological polar surface area (TPSA) is 22.8 Å². The normalized spacial score (nSPS) is 11.8. The van der Waals surface area contributed by atoms with Crippen LogP contribution in [0.15, 0.2) is 147 Å². The van der Waals surface area contributed by atoms with E-state index in [1.807, 2.05) is 12.3 Å². The summed E-state index contributed by atoms with van der Waals surface area (Å²) < 4.78 is 4.49. The third-order valence-corrected chi connectivity index (χ3v) is 9.50. The lowest BCUT2D eigenvalue weighted by Gasteiger charge is -2.19. The van der Waals surface area contributed by atoms with E-state index in [-0.39, 0.29) is 5.41 Å². The van der Waals surface area contributed by atoms with Crippen molar-refractivity contribution in [3.8, 4) is 39.3 Å². The third-order valence-electron chi connectivity index (χ3n) is 9.50. The summed E-state index contributed by atoms with van der Waals surface area (Å²) in [5.74, 6) is 0.913. The molecule has 0 fully saturated rings. The third kappa shape index (κ3) is 4.87. The summed E-state index contributed by atoms with van der Waals surface area (Å²) in [4.78, 5) is 5.42. The predicted octanol–water partition coefficient (Wildman–Crippen LogP) is 12.2. The van der Waals surface area contributed by atoms with Crippen LogP contribution in [0.25, 0.3) is 84.4 Å². The molecule has 0 aliphatic rings. The van der Waals surface area contributed by atoms with E-state index in [9.17, 15) is 0 Å². The standard InChI is InChI=1S/C45H37N3/c1-6-30-15-17-31(18-16-30)32-19-21-33(22-20-32)44-46-43-37(12-10-14-41(43)48(44)36-26-24-35(25-27-36)45(3,4)5)34-23-28-39-38-11-8-9-13-40(38)47(7-2)42(39)29-34/h6-29H,1-2H2,3-5H3. The van der Waals surface area contributed by atoms with E-state index >= 15 is 0 Å². The summed E-state index contributed by atoms with van der Waals surface area (Å²) in [7, 11) is 0. The van der Waals surface area contributed by atoms with Crippen LogP contribution in [0.1, 0.15) is 31.9 Å². The fourth-order valence-electron chi connectivity index (χ4n) is 6.89. The maximum Gasteiger partial charge on any atom is 0.145 e. The van der Waals surface area contributed by atoms with Crippen LogP contribution in [0, 0.1) is 0 Å². The van der Waals surface area contributed by atoms with Crippen molar-refractivity contribution in [3.05, 3.63) is 158 Å². The summed E-state index contributed by atoms with van der Waals surface area (Å²) in [6.45, 7) is 14.8. The molecule has 0 N–H and O–H groups in total. The van der Waals surface area contributed by atoms with E-state index < -0.39 is 0 Å². The van der Waals surface area contributed by atoms with E-state index in [1.165, 1.54) is 21.9 Å². The Morgan fingerprint density at radius 1 is 0.583 bits per heavy atom. The Labute approximate surface area is 281 Å². The molecule has 2 aromatic heterocycles. The number of nitrogens with zero attached hydrogens (tertiary/aromatic N) is 3. The molecule has 48 heavy (non-hydrogen) atoms. The average Bonchev–Trinajstić information content (AvgIpc) is 3.67. The van der Waals surface area contributed by atoms with Crippen molar-refractivity contribution < 1.29 is 0 Å². The first-order chi connectivity index (χ1) is 23.3. The molecule has 0 bridgehead atoms. The second-order valence-corrected chi connectivity index (χ2v) is 13.4. The molecule has 6 aromatic carbocycles. The fourth-order valence-corrected chi connectivity index (χ4v) is 6.89. The van der Waals surface area contributed by atoms with E-state index in [2.05, 4.69) is 177 Å². The number of rotatable bonds is 6. The summed E-state index contributed by atoms with van der Waals surface area (Å²) in [5.41, 5.74) is 13.5. The number of hydrogen-bond donors (Lipinski definition) is 0. The van der Waals surface area contributed by atoms with Crippen LogP contribution in [0.3, 0.4) is 0 Å². The van der Waals surface area contributed by atoms with Gasteiger partial charge in [0.1, 0.15) is 5.82 Å². The molecular weight excluding hydrogens is 583 g/mol.